The Morgan fingerprint density at radius 2 is 2.00 bits per heavy atom. The number of anilines is 1. The highest BCUT2D eigenvalue weighted by atomic mass is 32.1. The van der Waals surface area contributed by atoms with Crippen LogP contribution in [0.2, 0.25) is 0 Å². The number of fused-ring (bicyclic) bond motifs is 1. The lowest BCUT2D eigenvalue weighted by Gasteiger charge is -2.09. The minimum Gasteiger partial charge on any atom is -0.312 e. The van der Waals surface area contributed by atoms with Gasteiger partial charge in [0.2, 0.25) is 0 Å². The molecule has 2 aromatic rings. The highest BCUT2D eigenvalue weighted by Crippen LogP contribution is 2.37. The predicted octanol–water partition coefficient (Wildman–Crippen LogP) is 3.44. The first-order valence-electron chi connectivity index (χ1n) is 7.60. The molecule has 1 aliphatic rings. The van der Waals surface area contributed by atoms with Gasteiger partial charge in [0.1, 0.15) is 22.7 Å². The first-order valence-corrected chi connectivity index (χ1v) is 8.42. The number of amides is 1. The van der Waals surface area contributed by atoms with Crippen LogP contribution in [0.3, 0.4) is 0 Å². The summed E-state index contributed by atoms with van der Waals surface area (Å²) in [6.45, 7) is 0. The van der Waals surface area contributed by atoms with Gasteiger partial charge in [-0.05, 0) is 55.0 Å². The van der Waals surface area contributed by atoms with Gasteiger partial charge in [-0.1, -0.05) is 0 Å². The molecule has 0 saturated heterocycles. The number of hydrogen-bond acceptors (Lipinski definition) is 5. The van der Waals surface area contributed by atoms with E-state index in [2.05, 4.69) is 16.4 Å². The minimum atomic E-state index is -0.496. The van der Waals surface area contributed by atoms with Gasteiger partial charge >= 0.3 is 0 Å². The number of carbonyl (C=O) groups excluding carboxylic acids is 1. The molecule has 0 saturated carbocycles. The summed E-state index contributed by atoms with van der Waals surface area (Å²) in [4.78, 5) is 17.5. The fourth-order valence-electron chi connectivity index (χ4n) is 2.72. The van der Waals surface area contributed by atoms with E-state index in [4.69, 9.17) is 0 Å². The van der Waals surface area contributed by atoms with Gasteiger partial charge in [0.15, 0.2) is 0 Å². The van der Waals surface area contributed by atoms with Crippen molar-refractivity contribution in [1.82, 2.24) is 4.98 Å². The van der Waals surface area contributed by atoms with E-state index in [9.17, 15) is 15.3 Å². The summed E-state index contributed by atoms with van der Waals surface area (Å²) >= 11 is 1.45. The zero-order valence-corrected chi connectivity index (χ0v) is 13.7. The van der Waals surface area contributed by atoms with Gasteiger partial charge in [-0.15, -0.1) is 11.3 Å². The van der Waals surface area contributed by atoms with Crippen molar-refractivity contribution in [3.63, 3.8) is 0 Å². The van der Waals surface area contributed by atoms with E-state index in [0.29, 0.717) is 10.6 Å². The molecular formula is C18H14N4OS. The summed E-state index contributed by atoms with van der Waals surface area (Å²) in [5, 5.41) is 22.0. The van der Waals surface area contributed by atoms with Crippen molar-refractivity contribution in [2.45, 2.75) is 25.7 Å². The third-order valence-electron chi connectivity index (χ3n) is 3.89. The predicted molar refractivity (Wildman–Crippen MR) is 92.1 cm³/mol. The van der Waals surface area contributed by atoms with E-state index in [1.165, 1.54) is 22.3 Å². The second kappa shape index (κ2) is 7.08. The van der Waals surface area contributed by atoms with Crippen LogP contribution in [0.4, 0.5) is 5.00 Å². The zero-order valence-electron chi connectivity index (χ0n) is 12.9. The monoisotopic (exact) mass is 334 g/mol. The van der Waals surface area contributed by atoms with Crippen molar-refractivity contribution in [3.05, 3.63) is 51.7 Å². The maximum absolute atomic E-state index is 12.4. The smallest absolute Gasteiger partial charge is 0.266 e. The Labute approximate surface area is 143 Å². The van der Waals surface area contributed by atoms with Crippen LogP contribution in [-0.2, 0) is 17.6 Å². The Bertz CT molecular complexity index is 884. The Morgan fingerprint density at radius 1 is 1.25 bits per heavy atom. The molecule has 0 spiro atoms. The van der Waals surface area contributed by atoms with Crippen molar-refractivity contribution >= 4 is 28.3 Å². The van der Waals surface area contributed by atoms with Crippen molar-refractivity contribution in [3.8, 4) is 12.1 Å². The summed E-state index contributed by atoms with van der Waals surface area (Å²) in [6, 6.07) is 7.56. The van der Waals surface area contributed by atoms with E-state index in [1.54, 1.807) is 24.5 Å². The molecule has 0 bridgehead atoms. The number of nitrogens with zero attached hydrogens (tertiary/aromatic N) is 3. The third kappa shape index (κ3) is 3.19. The van der Waals surface area contributed by atoms with Crippen molar-refractivity contribution in [2.24, 2.45) is 0 Å². The number of hydrogen-bond donors (Lipinski definition) is 1. The highest BCUT2D eigenvalue weighted by Gasteiger charge is 2.22. The standard InChI is InChI=1S/C18H14N4OS/c19-10-13(9-12-5-7-21-8-6-12)17(23)22-18-15(11-20)14-3-1-2-4-16(14)24-18/h5-9H,1-4H2,(H,22,23). The van der Waals surface area contributed by atoms with Crippen LogP contribution < -0.4 is 5.32 Å². The van der Waals surface area contributed by atoms with Gasteiger partial charge < -0.3 is 5.32 Å². The summed E-state index contributed by atoms with van der Waals surface area (Å²) in [5.41, 5.74) is 2.32. The zero-order chi connectivity index (χ0) is 16.9. The number of pyridine rings is 1. The van der Waals surface area contributed by atoms with Crippen LogP contribution >= 0.6 is 11.3 Å². The first-order chi connectivity index (χ1) is 11.7. The van der Waals surface area contributed by atoms with Crippen molar-refractivity contribution < 1.29 is 4.79 Å². The number of rotatable bonds is 3. The molecule has 6 heteroatoms. The van der Waals surface area contributed by atoms with E-state index in [-0.39, 0.29) is 5.57 Å². The molecule has 1 aliphatic carbocycles. The molecule has 0 aromatic carbocycles. The fourth-order valence-corrected chi connectivity index (χ4v) is 3.95. The molecule has 24 heavy (non-hydrogen) atoms. The maximum atomic E-state index is 12.4. The first kappa shape index (κ1) is 15.9. The second-order valence-corrected chi connectivity index (χ2v) is 6.54. The van der Waals surface area contributed by atoms with E-state index in [1.807, 2.05) is 6.07 Å². The molecule has 0 radical (unpaired) electrons. The lowest BCUT2D eigenvalue weighted by molar-refractivity contribution is -0.112. The Hall–Kier alpha value is -2.96. The lowest BCUT2D eigenvalue weighted by Crippen LogP contribution is -2.13. The molecule has 118 valence electrons. The molecule has 5 nitrogen and oxygen atoms in total. The highest BCUT2D eigenvalue weighted by molar-refractivity contribution is 7.16. The largest absolute Gasteiger partial charge is 0.312 e. The average Bonchev–Trinajstić information content (AvgIpc) is 2.97. The summed E-state index contributed by atoms with van der Waals surface area (Å²) < 4.78 is 0. The number of nitriles is 2. The quantitative estimate of drug-likeness (QED) is 0.688. The number of thiophene rings is 1. The summed E-state index contributed by atoms with van der Waals surface area (Å²) in [6.07, 6.45) is 8.70. The van der Waals surface area contributed by atoms with Crippen LogP contribution in [0.15, 0.2) is 30.1 Å². The number of nitrogens with one attached hydrogen (secondary N) is 1. The van der Waals surface area contributed by atoms with Crippen molar-refractivity contribution in [1.29, 1.82) is 10.5 Å². The van der Waals surface area contributed by atoms with Crippen LogP contribution in [-0.4, -0.2) is 10.9 Å². The fraction of sp³-hybridized carbons (Fsp3) is 0.222. The number of aromatic nitrogens is 1. The normalized spacial score (nSPS) is 13.5. The topological polar surface area (TPSA) is 89.6 Å². The number of carbonyl (C=O) groups is 1. The van der Waals surface area contributed by atoms with Gasteiger partial charge in [-0.25, -0.2) is 0 Å². The number of aryl methyl sites for hydroxylation is 1. The SMILES string of the molecule is N#CC(=Cc1ccncc1)C(=O)Nc1sc2c(c1C#N)CCCC2. The molecular weight excluding hydrogens is 320 g/mol. The molecule has 0 atom stereocenters. The molecule has 2 aromatic heterocycles. The van der Waals surface area contributed by atoms with Crippen LogP contribution in [0.1, 0.15) is 34.4 Å². The Balaban J connectivity index is 1.87. The van der Waals surface area contributed by atoms with Crippen LogP contribution in [0.25, 0.3) is 6.08 Å². The van der Waals surface area contributed by atoms with E-state index in [0.717, 1.165) is 36.8 Å². The van der Waals surface area contributed by atoms with Crippen LogP contribution in [0.5, 0.6) is 0 Å². The lowest BCUT2D eigenvalue weighted by atomic mass is 9.96. The summed E-state index contributed by atoms with van der Waals surface area (Å²) in [5.74, 6) is -0.496. The molecule has 3 rings (SSSR count). The maximum Gasteiger partial charge on any atom is 0.266 e. The third-order valence-corrected chi connectivity index (χ3v) is 5.10. The minimum absolute atomic E-state index is 0.00328. The van der Waals surface area contributed by atoms with Gasteiger partial charge in [0.25, 0.3) is 5.91 Å². The molecule has 1 N–H and O–H groups in total. The van der Waals surface area contributed by atoms with Gasteiger partial charge in [-0.3, -0.25) is 9.78 Å². The Kier molecular flexibility index (Phi) is 4.69. The molecule has 1 amide bonds. The van der Waals surface area contributed by atoms with Crippen molar-refractivity contribution in [2.75, 3.05) is 5.32 Å². The average molecular weight is 334 g/mol. The second-order valence-electron chi connectivity index (χ2n) is 5.43. The molecule has 0 fully saturated rings. The molecule has 0 unspecified atom stereocenters. The van der Waals surface area contributed by atoms with Crippen LogP contribution in [0, 0.1) is 22.7 Å². The van der Waals surface area contributed by atoms with E-state index < -0.39 is 5.91 Å². The van der Waals surface area contributed by atoms with E-state index >= 15 is 0 Å². The summed E-state index contributed by atoms with van der Waals surface area (Å²) in [7, 11) is 0. The molecule has 2 heterocycles. The Morgan fingerprint density at radius 3 is 2.71 bits per heavy atom. The van der Waals surface area contributed by atoms with Gasteiger partial charge in [0, 0.05) is 17.3 Å². The molecule has 0 aliphatic heterocycles. The van der Waals surface area contributed by atoms with Gasteiger partial charge in [-0.2, -0.15) is 10.5 Å². The van der Waals surface area contributed by atoms with Gasteiger partial charge in [0.05, 0.1) is 5.56 Å².